The predicted molar refractivity (Wildman–Crippen MR) is 89.1 cm³/mol. The van der Waals surface area contributed by atoms with E-state index in [2.05, 4.69) is 16.0 Å². The van der Waals surface area contributed by atoms with E-state index < -0.39 is 30.4 Å². The molecule has 1 aromatic rings. The van der Waals surface area contributed by atoms with Gasteiger partial charge in [-0.25, -0.2) is 4.79 Å². The summed E-state index contributed by atoms with van der Waals surface area (Å²) in [7, 11) is 0. The van der Waals surface area contributed by atoms with Crippen LogP contribution in [0, 0.1) is 0 Å². The van der Waals surface area contributed by atoms with Crippen molar-refractivity contribution >= 4 is 23.8 Å². The maximum absolute atomic E-state index is 12.0. The summed E-state index contributed by atoms with van der Waals surface area (Å²) in [5, 5.41) is 7.09. The maximum Gasteiger partial charge on any atom is 0.408 e. The number of hydrogen-bond donors (Lipinski definition) is 4. The predicted octanol–water partition coefficient (Wildman–Crippen LogP) is -0.591. The molecule has 9 nitrogen and oxygen atoms in total. The number of ether oxygens (including phenoxy) is 1. The van der Waals surface area contributed by atoms with Crippen molar-refractivity contribution in [1.29, 1.82) is 0 Å². The van der Waals surface area contributed by atoms with Crippen LogP contribution in [0.1, 0.15) is 18.9 Å². The molecular weight excluding hydrogens is 328 g/mol. The molecule has 0 aliphatic heterocycles. The van der Waals surface area contributed by atoms with Crippen LogP contribution in [0.2, 0.25) is 0 Å². The normalized spacial score (nSPS) is 11.1. The average Bonchev–Trinajstić information content (AvgIpc) is 2.58. The Hall–Kier alpha value is -3.10. The minimum absolute atomic E-state index is 0.0104. The number of hydrogen-bond acceptors (Lipinski definition) is 5. The molecule has 9 heteroatoms. The Bertz CT molecular complexity index is 606. The number of primary amides is 1. The second kappa shape index (κ2) is 10.6. The van der Waals surface area contributed by atoms with Crippen molar-refractivity contribution in [2.24, 2.45) is 5.73 Å². The third kappa shape index (κ3) is 8.35. The smallest absolute Gasteiger partial charge is 0.408 e. The van der Waals surface area contributed by atoms with E-state index in [1.807, 2.05) is 6.07 Å². The molecule has 1 rings (SSSR count). The Morgan fingerprint density at radius 1 is 1.12 bits per heavy atom. The molecule has 0 saturated carbocycles. The SMILES string of the molecule is CCNC(=O)CNC(=O)[C@@H](CC(N)=O)NC(=O)OCc1ccccc1. The van der Waals surface area contributed by atoms with Crippen molar-refractivity contribution in [2.45, 2.75) is 26.0 Å². The Kier molecular flexibility index (Phi) is 8.48. The number of carbonyl (C=O) groups excluding carboxylic acids is 4. The van der Waals surface area contributed by atoms with Gasteiger partial charge in [-0.05, 0) is 12.5 Å². The molecule has 0 fully saturated rings. The lowest BCUT2D eigenvalue weighted by Crippen LogP contribution is -2.50. The highest BCUT2D eigenvalue weighted by Crippen LogP contribution is 2.01. The van der Waals surface area contributed by atoms with Crippen LogP contribution in [-0.4, -0.2) is 42.9 Å². The van der Waals surface area contributed by atoms with Crippen LogP contribution in [-0.2, 0) is 25.7 Å². The van der Waals surface area contributed by atoms with Crippen LogP contribution in [0.25, 0.3) is 0 Å². The van der Waals surface area contributed by atoms with Gasteiger partial charge in [-0.15, -0.1) is 0 Å². The number of amides is 4. The summed E-state index contributed by atoms with van der Waals surface area (Å²) >= 11 is 0. The lowest BCUT2D eigenvalue weighted by molar-refractivity contribution is -0.129. The largest absolute Gasteiger partial charge is 0.445 e. The fourth-order valence-corrected chi connectivity index (χ4v) is 1.87. The molecule has 0 unspecified atom stereocenters. The lowest BCUT2D eigenvalue weighted by atomic mass is 10.2. The van der Waals surface area contributed by atoms with Crippen molar-refractivity contribution in [3.8, 4) is 0 Å². The van der Waals surface area contributed by atoms with E-state index in [0.29, 0.717) is 6.54 Å². The van der Waals surface area contributed by atoms with Gasteiger partial charge in [-0.2, -0.15) is 0 Å². The van der Waals surface area contributed by atoms with E-state index in [0.717, 1.165) is 5.56 Å². The highest BCUT2D eigenvalue weighted by molar-refractivity contribution is 5.92. The zero-order valence-corrected chi connectivity index (χ0v) is 13.9. The number of rotatable bonds is 9. The summed E-state index contributed by atoms with van der Waals surface area (Å²) in [6.45, 7) is 1.89. The highest BCUT2D eigenvalue weighted by Gasteiger charge is 2.23. The summed E-state index contributed by atoms with van der Waals surface area (Å²) in [5.41, 5.74) is 5.85. The number of nitrogens with one attached hydrogen (secondary N) is 3. The Balaban J connectivity index is 2.53. The van der Waals surface area contributed by atoms with Crippen LogP contribution in [0.4, 0.5) is 4.79 Å². The number of benzene rings is 1. The summed E-state index contributed by atoms with van der Waals surface area (Å²) < 4.78 is 4.99. The second-order valence-corrected chi connectivity index (χ2v) is 5.10. The van der Waals surface area contributed by atoms with Gasteiger partial charge < -0.3 is 26.4 Å². The summed E-state index contributed by atoms with van der Waals surface area (Å²) in [6, 6.07) is 7.73. The molecule has 0 bridgehead atoms. The van der Waals surface area contributed by atoms with Crippen molar-refractivity contribution in [2.75, 3.05) is 13.1 Å². The first kappa shape index (κ1) is 19.9. The van der Waals surface area contributed by atoms with Gasteiger partial charge >= 0.3 is 6.09 Å². The Labute approximate surface area is 145 Å². The van der Waals surface area contributed by atoms with E-state index in [1.165, 1.54) is 0 Å². The molecule has 136 valence electrons. The first-order valence-electron chi connectivity index (χ1n) is 7.72. The molecule has 0 aliphatic rings. The zero-order valence-electron chi connectivity index (χ0n) is 13.9. The van der Waals surface area contributed by atoms with Gasteiger partial charge in [0.05, 0.1) is 13.0 Å². The van der Waals surface area contributed by atoms with Crippen molar-refractivity contribution in [3.63, 3.8) is 0 Å². The molecule has 0 radical (unpaired) electrons. The molecule has 0 aromatic heterocycles. The molecule has 1 aromatic carbocycles. The quantitative estimate of drug-likeness (QED) is 0.471. The molecular formula is C16H22N4O5. The second-order valence-electron chi connectivity index (χ2n) is 5.10. The number of carbonyl (C=O) groups is 4. The molecule has 0 spiro atoms. The first-order chi connectivity index (χ1) is 11.9. The van der Waals surface area contributed by atoms with Crippen LogP contribution >= 0.6 is 0 Å². The van der Waals surface area contributed by atoms with E-state index >= 15 is 0 Å². The highest BCUT2D eigenvalue weighted by atomic mass is 16.5. The van der Waals surface area contributed by atoms with Crippen molar-refractivity contribution < 1.29 is 23.9 Å². The van der Waals surface area contributed by atoms with Gasteiger partial charge in [0, 0.05) is 6.54 Å². The molecule has 1 atom stereocenters. The monoisotopic (exact) mass is 350 g/mol. The fraction of sp³-hybridized carbons (Fsp3) is 0.375. The van der Waals surface area contributed by atoms with Gasteiger partial charge in [-0.3, -0.25) is 14.4 Å². The van der Waals surface area contributed by atoms with Crippen molar-refractivity contribution in [1.82, 2.24) is 16.0 Å². The third-order valence-electron chi connectivity index (χ3n) is 3.02. The number of likely N-dealkylation sites (N-methyl/N-ethyl adjacent to an activating group) is 1. The average molecular weight is 350 g/mol. The standard InChI is InChI=1S/C16H22N4O5/c1-2-18-14(22)9-19-15(23)12(8-13(17)21)20-16(24)25-10-11-6-4-3-5-7-11/h3-7,12H,2,8-10H2,1H3,(H2,17,21)(H,18,22)(H,19,23)(H,20,24)/t12-/m1/s1. The van der Waals surface area contributed by atoms with Gasteiger partial charge in [0.2, 0.25) is 17.7 Å². The summed E-state index contributed by atoms with van der Waals surface area (Å²) in [5.74, 6) is -1.87. The number of alkyl carbamates (subject to hydrolysis) is 1. The zero-order chi connectivity index (χ0) is 18.7. The Morgan fingerprint density at radius 3 is 2.40 bits per heavy atom. The molecule has 5 N–H and O–H groups in total. The van der Waals surface area contributed by atoms with Gasteiger partial charge in [0.15, 0.2) is 0 Å². The van der Waals surface area contributed by atoms with E-state index in [-0.39, 0.29) is 19.1 Å². The lowest BCUT2D eigenvalue weighted by Gasteiger charge is -2.17. The maximum atomic E-state index is 12.0. The minimum atomic E-state index is -1.23. The van der Waals surface area contributed by atoms with E-state index in [1.54, 1.807) is 31.2 Å². The molecule has 0 heterocycles. The van der Waals surface area contributed by atoms with Gasteiger partial charge in [0.25, 0.3) is 0 Å². The number of nitrogens with two attached hydrogens (primary N) is 1. The summed E-state index contributed by atoms with van der Waals surface area (Å²) in [6.07, 6.45) is -1.29. The first-order valence-corrected chi connectivity index (χ1v) is 7.72. The van der Waals surface area contributed by atoms with Gasteiger partial charge in [0.1, 0.15) is 12.6 Å². The Morgan fingerprint density at radius 2 is 1.80 bits per heavy atom. The third-order valence-corrected chi connectivity index (χ3v) is 3.02. The molecule has 25 heavy (non-hydrogen) atoms. The van der Waals surface area contributed by atoms with Crippen LogP contribution in [0.15, 0.2) is 30.3 Å². The van der Waals surface area contributed by atoms with E-state index in [4.69, 9.17) is 10.5 Å². The van der Waals surface area contributed by atoms with Crippen LogP contribution in [0.5, 0.6) is 0 Å². The van der Waals surface area contributed by atoms with Gasteiger partial charge in [-0.1, -0.05) is 30.3 Å². The van der Waals surface area contributed by atoms with Crippen LogP contribution in [0.3, 0.4) is 0 Å². The molecule has 4 amide bonds. The van der Waals surface area contributed by atoms with E-state index in [9.17, 15) is 19.2 Å². The fourth-order valence-electron chi connectivity index (χ4n) is 1.87. The van der Waals surface area contributed by atoms with Crippen LogP contribution < -0.4 is 21.7 Å². The molecule has 0 saturated heterocycles. The topological polar surface area (TPSA) is 140 Å². The van der Waals surface area contributed by atoms with Crippen molar-refractivity contribution in [3.05, 3.63) is 35.9 Å². The molecule has 0 aliphatic carbocycles. The minimum Gasteiger partial charge on any atom is -0.445 e. The summed E-state index contributed by atoms with van der Waals surface area (Å²) in [4.78, 5) is 46.3.